The summed E-state index contributed by atoms with van der Waals surface area (Å²) in [6.07, 6.45) is 1.36. The second kappa shape index (κ2) is 10.3. The molecule has 2 amide bonds. The Bertz CT molecular complexity index is 1030. The van der Waals surface area contributed by atoms with Crippen LogP contribution in [-0.2, 0) is 19.1 Å². The molecule has 1 heterocycles. The monoisotopic (exact) mass is 450 g/mol. The number of rotatable bonds is 8. The highest BCUT2D eigenvalue weighted by Crippen LogP contribution is 2.44. The zero-order valence-electron chi connectivity index (χ0n) is 18.1. The van der Waals surface area contributed by atoms with Gasteiger partial charge in [-0.25, -0.2) is 4.79 Å². The molecule has 2 aliphatic rings. The lowest BCUT2D eigenvalue weighted by Crippen LogP contribution is -2.48. The third-order valence-electron chi connectivity index (χ3n) is 5.80. The molecule has 4 rings (SSSR count). The van der Waals surface area contributed by atoms with Crippen molar-refractivity contribution < 1.29 is 29.0 Å². The van der Waals surface area contributed by atoms with Crippen LogP contribution < -0.4 is 10.6 Å². The van der Waals surface area contributed by atoms with Gasteiger partial charge in [-0.15, -0.1) is 0 Å². The molecular weight excluding hydrogens is 424 g/mol. The summed E-state index contributed by atoms with van der Waals surface area (Å²) in [5.74, 6) is -1.92. The molecule has 8 nitrogen and oxygen atoms in total. The van der Waals surface area contributed by atoms with Gasteiger partial charge in [0.1, 0.15) is 12.6 Å². The number of benzene rings is 2. The van der Waals surface area contributed by atoms with Gasteiger partial charge in [0.05, 0.1) is 19.6 Å². The van der Waals surface area contributed by atoms with E-state index in [9.17, 15) is 19.5 Å². The predicted octanol–water partition coefficient (Wildman–Crippen LogP) is 2.83. The highest BCUT2D eigenvalue weighted by atomic mass is 16.5. The number of carboxylic acids is 1. The Kier molecular flexibility index (Phi) is 7.04. The Hall–Kier alpha value is -3.65. The summed E-state index contributed by atoms with van der Waals surface area (Å²) in [6, 6.07) is 14.7. The minimum Gasteiger partial charge on any atom is -0.481 e. The number of carbonyl (C=O) groups is 3. The van der Waals surface area contributed by atoms with Crippen LogP contribution in [0, 0.1) is 0 Å². The second-order valence-electron chi connectivity index (χ2n) is 8.04. The van der Waals surface area contributed by atoms with E-state index in [4.69, 9.17) is 9.47 Å². The van der Waals surface area contributed by atoms with Crippen LogP contribution in [0.15, 0.2) is 60.2 Å². The Balaban J connectivity index is 1.37. The fourth-order valence-electron chi connectivity index (χ4n) is 4.22. The Morgan fingerprint density at radius 1 is 1.06 bits per heavy atom. The normalized spacial score (nSPS) is 15.6. The van der Waals surface area contributed by atoms with E-state index in [1.165, 1.54) is 0 Å². The molecule has 1 atom stereocenters. The lowest BCUT2D eigenvalue weighted by atomic mass is 9.98. The number of fused-ring (bicyclic) bond motifs is 3. The van der Waals surface area contributed by atoms with Crippen molar-refractivity contribution in [3.05, 3.63) is 71.3 Å². The maximum atomic E-state index is 12.5. The van der Waals surface area contributed by atoms with Gasteiger partial charge in [0.25, 0.3) is 0 Å². The molecule has 1 aliphatic carbocycles. The van der Waals surface area contributed by atoms with E-state index in [1.807, 2.05) is 54.6 Å². The summed E-state index contributed by atoms with van der Waals surface area (Å²) in [4.78, 5) is 36.3. The highest BCUT2D eigenvalue weighted by Gasteiger charge is 2.30. The summed E-state index contributed by atoms with van der Waals surface area (Å²) in [7, 11) is 0. The van der Waals surface area contributed by atoms with Gasteiger partial charge < -0.3 is 25.2 Å². The molecule has 33 heavy (non-hydrogen) atoms. The number of nitrogens with one attached hydrogen (secondary N) is 2. The zero-order valence-corrected chi connectivity index (χ0v) is 18.1. The van der Waals surface area contributed by atoms with Gasteiger partial charge in [0, 0.05) is 12.5 Å². The Morgan fingerprint density at radius 2 is 1.73 bits per heavy atom. The molecule has 1 unspecified atom stereocenters. The Morgan fingerprint density at radius 3 is 2.33 bits per heavy atom. The first kappa shape index (κ1) is 22.5. The average Bonchev–Trinajstić information content (AvgIpc) is 3.15. The molecule has 0 fully saturated rings. The van der Waals surface area contributed by atoms with E-state index < -0.39 is 30.4 Å². The summed E-state index contributed by atoms with van der Waals surface area (Å²) in [6.45, 7) is 1.37. The zero-order chi connectivity index (χ0) is 23.2. The SMILES string of the molecule is O=C(O)CC(NC(=O)OCC1c2ccccc2-c2ccccc21)C(=O)NCC1=CCCOC1. The van der Waals surface area contributed by atoms with Crippen LogP contribution in [0.4, 0.5) is 4.79 Å². The van der Waals surface area contributed by atoms with Gasteiger partial charge in [-0.3, -0.25) is 9.59 Å². The number of hydrogen-bond donors (Lipinski definition) is 3. The second-order valence-corrected chi connectivity index (χ2v) is 8.04. The number of ether oxygens (including phenoxy) is 2. The van der Waals surface area contributed by atoms with Crippen molar-refractivity contribution in [1.82, 2.24) is 10.6 Å². The van der Waals surface area contributed by atoms with Crippen LogP contribution in [0.1, 0.15) is 29.9 Å². The molecule has 2 aromatic rings. The molecular formula is C25H26N2O6. The van der Waals surface area contributed by atoms with Crippen LogP contribution >= 0.6 is 0 Å². The summed E-state index contributed by atoms with van der Waals surface area (Å²) < 4.78 is 10.8. The number of carboxylic acid groups (broad SMARTS) is 1. The quantitative estimate of drug-likeness (QED) is 0.533. The minimum absolute atomic E-state index is 0.0749. The van der Waals surface area contributed by atoms with Gasteiger partial charge >= 0.3 is 12.1 Å². The van der Waals surface area contributed by atoms with Gasteiger partial charge in [-0.05, 0) is 34.2 Å². The molecule has 2 aromatic carbocycles. The van der Waals surface area contributed by atoms with Crippen molar-refractivity contribution >= 4 is 18.0 Å². The standard InChI is InChI=1S/C25H26N2O6/c28-23(29)12-22(24(30)26-13-16-6-5-11-32-14-16)27-25(31)33-15-21-19-9-3-1-7-17(19)18-8-2-4-10-20(18)21/h1-4,6-10,21-22H,5,11-15H2,(H,26,30)(H,27,31)(H,28,29). The van der Waals surface area contributed by atoms with Gasteiger partial charge in [0.2, 0.25) is 5.91 Å². The van der Waals surface area contributed by atoms with Crippen molar-refractivity contribution in [3.8, 4) is 11.1 Å². The number of aliphatic carboxylic acids is 1. The fraction of sp³-hybridized carbons (Fsp3) is 0.320. The largest absolute Gasteiger partial charge is 0.481 e. The van der Waals surface area contributed by atoms with E-state index in [2.05, 4.69) is 10.6 Å². The number of carbonyl (C=O) groups excluding carboxylic acids is 2. The van der Waals surface area contributed by atoms with Gasteiger partial charge in [0.15, 0.2) is 0 Å². The van der Waals surface area contributed by atoms with E-state index in [1.54, 1.807) is 0 Å². The van der Waals surface area contributed by atoms with Crippen LogP contribution in [-0.4, -0.2) is 55.5 Å². The first-order valence-electron chi connectivity index (χ1n) is 10.9. The smallest absolute Gasteiger partial charge is 0.407 e. The molecule has 0 aromatic heterocycles. The number of amides is 2. The van der Waals surface area contributed by atoms with Gasteiger partial charge in [-0.2, -0.15) is 0 Å². The lowest BCUT2D eigenvalue weighted by Gasteiger charge is -2.20. The fourth-order valence-corrected chi connectivity index (χ4v) is 4.22. The molecule has 172 valence electrons. The maximum absolute atomic E-state index is 12.5. The van der Waals surface area contributed by atoms with E-state index in [0.29, 0.717) is 13.2 Å². The summed E-state index contributed by atoms with van der Waals surface area (Å²) in [5, 5.41) is 14.2. The van der Waals surface area contributed by atoms with Crippen molar-refractivity contribution in [3.63, 3.8) is 0 Å². The molecule has 0 spiro atoms. The molecule has 0 saturated heterocycles. The average molecular weight is 450 g/mol. The van der Waals surface area contributed by atoms with Crippen LogP contribution in [0.5, 0.6) is 0 Å². The number of hydrogen-bond acceptors (Lipinski definition) is 5. The number of alkyl carbamates (subject to hydrolysis) is 1. The molecule has 1 aliphatic heterocycles. The van der Waals surface area contributed by atoms with Crippen LogP contribution in [0.25, 0.3) is 11.1 Å². The first-order chi connectivity index (χ1) is 16.0. The predicted molar refractivity (Wildman–Crippen MR) is 121 cm³/mol. The van der Waals surface area contributed by atoms with Crippen molar-refractivity contribution in [1.29, 1.82) is 0 Å². The Labute approximate surface area is 191 Å². The van der Waals surface area contributed by atoms with Crippen molar-refractivity contribution in [2.24, 2.45) is 0 Å². The third-order valence-corrected chi connectivity index (χ3v) is 5.80. The molecule has 0 radical (unpaired) electrons. The summed E-state index contributed by atoms with van der Waals surface area (Å²) in [5.41, 5.74) is 5.24. The van der Waals surface area contributed by atoms with Crippen LogP contribution in [0.2, 0.25) is 0 Å². The topological polar surface area (TPSA) is 114 Å². The first-order valence-corrected chi connectivity index (χ1v) is 10.9. The maximum Gasteiger partial charge on any atom is 0.407 e. The molecule has 3 N–H and O–H groups in total. The van der Waals surface area contributed by atoms with Crippen LogP contribution in [0.3, 0.4) is 0 Å². The molecule has 0 saturated carbocycles. The van der Waals surface area contributed by atoms with E-state index in [-0.39, 0.29) is 19.1 Å². The highest BCUT2D eigenvalue weighted by molar-refractivity contribution is 5.89. The van der Waals surface area contributed by atoms with E-state index >= 15 is 0 Å². The summed E-state index contributed by atoms with van der Waals surface area (Å²) >= 11 is 0. The molecule has 0 bridgehead atoms. The third kappa shape index (κ3) is 5.40. The van der Waals surface area contributed by atoms with Gasteiger partial charge in [-0.1, -0.05) is 54.6 Å². The van der Waals surface area contributed by atoms with Crippen molar-refractivity contribution in [2.45, 2.75) is 24.8 Å². The minimum atomic E-state index is -1.25. The van der Waals surface area contributed by atoms with E-state index in [0.717, 1.165) is 34.2 Å². The lowest BCUT2D eigenvalue weighted by molar-refractivity contribution is -0.139. The van der Waals surface area contributed by atoms with Crippen molar-refractivity contribution in [2.75, 3.05) is 26.4 Å². The molecule has 8 heteroatoms.